The lowest BCUT2D eigenvalue weighted by Crippen LogP contribution is -2.32. The van der Waals surface area contributed by atoms with Gasteiger partial charge in [-0.1, -0.05) is 17.7 Å². The molecule has 1 atom stereocenters. The van der Waals surface area contributed by atoms with Crippen LogP contribution in [0.4, 0.5) is 5.69 Å². The maximum atomic E-state index is 12.7. The minimum absolute atomic E-state index is 0.00660. The first-order valence-electron chi connectivity index (χ1n) is 9.28. The lowest BCUT2D eigenvalue weighted by atomic mass is 10.2. The van der Waals surface area contributed by atoms with E-state index < -0.39 is 15.9 Å². The maximum absolute atomic E-state index is 12.7. The number of hydrogen-bond donors (Lipinski definition) is 2. The van der Waals surface area contributed by atoms with E-state index in [4.69, 9.17) is 25.8 Å². The van der Waals surface area contributed by atoms with Gasteiger partial charge in [0.2, 0.25) is 10.0 Å². The van der Waals surface area contributed by atoms with Crippen LogP contribution in [0.5, 0.6) is 11.5 Å². The van der Waals surface area contributed by atoms with E-state index in [0.717, 1.165) is 12.8 Å². The number of sulfonamides is 1. The van der Waals surface area contributed by atoms with Gasteiger partial charge in [0.15, 0.2) is 0 Å². The van der Waals surface area contributed by atoms with Crippen LogP contribution in [-0.2, 0) is 14.8 Å². The summed E-state index contributed by atoms with van der Waals surface area (Å²) in [5, 5.41) is 2.98. The summed E-state index contributed by atoms with van der Waals surface area (Å²) in [7, 11) is -0.858. The molecule has 1 amide bonds. The molecule has 8 nitrogen and oxygen atoms in total. The lowest BCUT2D eigenvalue weighted by molar-refractivity contribution is 0.102. The number of carbonyl (C=O) groups excluding carboxylic acids is 1. The van der Waals surface area contributed by atoms with Crippen LogP contribution in [0.15, 0.2) is 41.3 Å². The van der Waals surface area contributed by atoms with Gasteiger partial charge in [0.1, 0.15) is 11.5 Å². The van der Waals surface area contributed by atoms with Gasteiger partial charge < -0.3 is 19.5 Å². The van der Waals surface area contributed by atoms with Crippen LogP contribution >= 0.6 is 11.6 Å². The molecule has 1 fully saturated rings. The summed E-state index contributed by atoms with van der Waals surface area (Å²) in [6, 6.07) is 8.82. The van der Waals surface area contributed by atoms with E-state index in [1.165, 1.54) is 44.6 Å². The number of hydrogen-bond acceptors (Lipinski definition) is 6. The Kier molecular flexibility index (Phi) is 7.19. The van der Waals surface area contributed by atoms with Crippen molar-refractivity contribution in [2.45, 2.75) is 23.8 Å². The fraction of sp³-hybridized carbons (Fsp3) is 0.350. The predicted octanol–water partition coefficient (Wildman–Crippen LogP) is 3.07. The highest BCUT2D eigenvalue weighted by Gasteiger charge is 2.21. The molecule has 0 aliphatic carbocycles. The summed E-state index contributed by atoms with van der Waals surface area (Å²) in [5.41, 5.74) is 0.502. The second kappa shape index (κ2) is 9.65. The first kappa shape index (κ1) is 22.4. The number of carbonyl (C=O) groups is 1. The molecule has 3 rings (SSSR count). The van der Waals surface area contributed by atoms with Crippen molar-refractivity contribution in [3.05, 3.63) is 47.0 Å². The predicted molar refractivity (Wildman–Crippen MR) is 113 cm³/mol. The fourth-order valence-electron chi connectivity index (χ4n) is 3.05. The Morgan fingerprint density at radius 1 is 1.20 bits per heavy atom. The number of anilines is 1. The van der Waals surface area contributed by atoms with Crippen LogP contribution in [0.2, 0.25) is 5.02 Å². The normalized spacial score (nSPS) is 16.3. The zero-order chi connectivity index (χ0) is 21.7. The number of rotatable bonds is 8. The minimum atomic E-state index is -3.78. The van der Waals surface area contributed by atoms with Gasteiger partial charge in [-0.05, 0) is 37.1 Å². The van der Waals surface area contributed by atoms with Gasteiger partial charge in [0.05, 0.1) is 35.9 Å². The van der Waals surface area contributed by atoms with Gasteiger partial charge in [0, 0.05) is 24.8 Å². The second-order valence-electron chi connectivity index (χ2n) is 6.66. The first-order valence-corrected chi connectivity index (χ1v) is 11.1. The van der Waals surface area contributed by atoms with Gasteiger partial charge in [-0.3, -0.25) is 4.79 Å². The molecule has 1 unspecified atom stereocenters. The third-order valence-corrected chi connectivity index (χ3v) is 6.37. The highest BCUT2D eigenvalue weighted by atomic mass is 35.5. The molecule has 1 heterocycles. The van der Waals surface area contributed by atoms with Crippen LogP contribution in [0, 0.1) is 0 Å². The molecule has 0 radical (unpaired) electrons. The van der Waals surface area contributed by atoms with Crippen LogP contribution in [0.3, 0.4) is 0 Å². The summed E-state index contributed by atoms with van der Waals surface area (Å²) in [5.74, 6) is 0.245. The largest absolute Gasteiger partial charge is 0.495 e. The van der Waals surface area contributed by atoms with Gasteiger partial charge in [0.25, 0.3) is 5.91 Å². The standard InChI is InChI=1S/C20H23ClN2O6S/c1-27-18-11-19(28-2)17(10-16(18)21)23-20(24)13-5-3-7-15(9-13)30(25,26)22-12-14-6-4-8-29-14/h3,5,7,9-11,14,22H,4,6,8,12H2,1-2H3,(H,23,24). The number of benzene rings is 2. The number of ether oxygens (including phenoxy) is 3. The van der Waals surface area contributed by atoms with E-state index in [9.17, 15) is 13.2 Å². The van der Waals surface area contributed by atoms with Crippen molar-refractivity contribution in [2.75, 3.05) is 32.7 Å². The third kappa shape index (κ3) is 5.23. The average molecular weight is 455 g/mol. The van der Waals surface area contributed by atoms with Gasteiger partial charge >= 0.3 is 0 Å². The average Bonchev–Trinajstić information content (AvgIpc) is 3.26. The molecule has 0 spiro atoms. The number of methoxy groups -OCH3 is 2. The molecule has 30 heavy (non-hydrogen) atoms. The van der Waals surface area contributed by atoms with Gasteiger partial charge in [-0.25, -0.2) is 13.1 Å². The summed E-state index contributed by atoms with van der Waals surface area (Å²) in [6.07, 6.45) is 1.61. The van der Waals surface area contributed by atoms with Crippen LogP contribution in [0.1, 0.15) is 23.2 Å². The molecule has 0 aromatic heterocycles. The van der Waals surface area contributed by atoms with Crippen molar-refractivity contribution in [2.24, 2.45) is 0 Å². The zero-order valence-electron chi connectivity index (χ0n) is 16.6. The Labute approximate surface area is 180 Å². The molecule has 2 aromatic carbocycles. The van der Waals surface area contributed by atoms with E-state index >= 15 is 0 Å². The minimum Gasteiger partial charge on any atom is -0.495 e. The molecule has 0 bridgehead atoms. The van der Waals surface area contributed by atoms with Crippen LogP contribution < -0.4 is 19.5 Å². The van der Waals surface area contributed by atoms with Gasteiger partial charge in [-0.2, -0.15) is 0 Å². The van der Waals surface area contributed by atoms with Crippen LogP contribution in [-0.4, -0.2) is 47.8 Å². The van der Waals surface area contributed by atoms with Crippen molar-refractivity contribution in [3.8, 4) is 11.5 Å². The summed E-state index contributed by atoms with van der Waals surface area (Å²) >= 11 is 6.13. The molecule has 1 saturated heterocycles. The van der Waals surface area contributed by atoms with E-state index in [1.807, 2.05) is 0 Å². The molecule has 0 saturated carbocycles. The van der Waals surface area contributed by atoms with E-state index in [1.54, 1.807) is 6.07 Å². The molecular formula is C20H23ClN2O6S. The molecule has 2 aromatic rings. The topological polar surface area (TPSA) is 103 Å². The van der Waals surface area contributed by atoms with Crippen LogP contribution in [0.25, 0.3) is 0 Å². The number of amides is 1. The Morgan fingerprint density at radius 3 is 2.63 bits per heavy atom. The van der Waals surface area contributed by atoms with E-state index in [2.05, 4.69) is 10.0 Å². The highest BCUT2D eigenvalue weighted by Crippen LogP contribution is 2.36. The fourth-order valence-corrected chi connectivity index (χ4v) is 4.40. The van der Waals surface area contributed by atoms with Crippen molar-refractivity contribution >= 4 is 33.2 Å². The summed E-state index contributed by atoms with van der Waals surface area (Å²) in [4.78, 5) is 12.7. The number of nitrogens with one attached hydrogen (secondary N) is 2. The molecule has 1 aliphatic rings. The lowest BCUT2D eigenvalue weighted by Gasteiger charge is -2.14. The zero-order valence-corrected chi connectivity index (χ0v) is 18.2. The third-order valence-electron chi connectivity index (χ3n) is 4.65. The van der Waals surface area contributed by atoms with E-state index in [0.29, 0.717) is 28.8 Å². The molecule has 1 aliphatic heterocycles. The summed E-state index contributed by atoms with van der Waals surface area (Å²) in [6.45, 7) is 0.835. The Morgan fingerprint density at radius 2 is 1.97 bits per heavy atom. The van der Waals surface area contributed by atoms with Crippen molar-refractivity contribution in [3.63, 3.8) is 0 Å². The first-order chi connectivity index (χ1) is 14.3. The van der Waals surface area contributed by atoms with Crippen molar-refractivity contribution in [1.29, 1.82) is 0 Å². The second-order valence-corrected chi connectivity index (χ2v) is 8.83. The quantitative estimate of drug-likeness (QED) is 0.635. The smallest absolute Gasteiger partial charge is 0.255 e. The monoisotopic (exact) mass is 454 g/mol. The van der Waals surface area contributed by atoms with Crippen molar-refractivity contribution in [1.82, 2.24) is 4.72 Å². The Balaban J connectivity index is 1.77. The van der Waals surface area contributed by atoms with Gasteiger partial charge in [-0.15, -0.1) is 0 Å². The maximum Gasteiger partial charge on any atom is 0.255 e. The van der Waals surface area contributed by atoms with E-state index in [-0.39, 0.29) is 23.1 Å². The highest BCUT2D eigenvalue weighted by molar-refractivity contribution is 7.89. The van der Waals surface area contributed by atoms with Crippen molar-refractivity contribution < 1.29 is 27.4 Å². The Hall–Kier alpha value is -2.33. The Bertz CT molecular complexity index is 1020. The molecule has 2 N–H and O–H groups in total. The SMILES string of the molecule is COc1cc(OC)c(NC(=O)c2cccc(S(=O)(=O)NCC3CCCO3)c2)cc1Cl. The summed E-state index contributed by atoms with van der Waals surface area (Å²) < 4.78 is 43.6. The molecule has 10 heteroatoms. The number of halogens is 1. The molecular weight excluding hydrogens is 432 g/mol. The molecule has 162 valence electrons.